The largest absolute Gasteiger partial charge is 0.469 e. The molecule has 2 atom stereocenters. The molecule has 3 heteroatoms. The minimum Gasteiger partial charge on any atom is -0.469 e. The first-order chi connectivity index (χ1) is 7.53. The summed E-state index contributed by atoms with van der Waals surface area (Å²) in [6.45, 7) is 6.63. The second-order valence-corrected chi connectivity index (χ2v) is 4.75. The molecule has 0 amide bonds. The highest BCUT2D eigenvalue weighted by Crippen LogP contribution is 2.09. The van der Waals surface area contributed by atoms with Gasteiger partial charge in [-0.05, 0) is 38.8 Å². The van der Waals surface area contributed by atoms with E-state index in [1.54, 1.807) is 6.26 Å². The van der Waals surface area contributed by atoms with Gasteiger partial charge in [0, 0.05) is 19.0 Å². The van der Waals surface area contributed by atoms with Crippen molar-refractivity contribution in [3.05, 3.63) is 24.2 Å². The molecule has 0 saturated heterocycles. The fourth-order valence-electron chi connectivity index (χ4n) is 1.43. The van der Waals surface area contributed by atoms with Gasteiger partial charge in [-0.15, -0.1) is 0 Å². The molecule has 0 saturated carbocycles. The minimum atomic E-state index is -0.598. The smallest absolute Gasteiger partial charge is 0.103 e. The number of aryl methyl sites for hydroxylation is 1. The van der Waals surface area contributed by atoms with Crippen LogP contribution in [0.25, 0.3) is 0 Å². The third-order valence-electron chi connectivity index (χ3n) is 3.00. The van der Waals surface area contributed by atoms with Crippen molar-refractivity contribution in [2.24, 2.45) is 0 Å². The predicted octanol–water partition coefficient (Wildman–Crippen LogP) is 2.35. The van der Waals surface area contributed by atoms with E-state index in [1.165, 1.54) is 0 Å². The normalized spacial score (nSPS) is 17.0. The molecule has 0 bridgehead atoms. The Morgan fingerprint density at radius 3 is 2.88 bits per heavy atom. The third kappa shape index (κ3) is 4.81. The molecule has 0 fully saturated rings. The van der Waals surface area contributed by atoms with E-state index < -0.39 is 5.60 Å². The number of nitrogens with one attached hydrogen (secondary N) is 1. The summed E-state index contributed by atoms with van der Waals surface area (Å²) in [4.78, 5) is 0. The maximum atomic E-state index is 9.84. The summed E-state index contributed by atoms with van der Waals surface area (Å²) in [6.07, 6.45) is 4.43. The summed E-state index contributed by atoms with van der Waals surface area (Å²) < 4.78 is 5.27. The highest BCUT2D eigenvalue weighted by Gasteiger charge is 2.17. The van der Waals surface area contributed by atoms with Gasteiger partial charge in [-0.25, -0.2) is 0 Å². The van der Waals surface area contributed by atoms with Crippen LogP contribution in [0, 0.1) is 0 Å². The Balaban J connectivity index is 2.18. The average molecular weight is 225 g/mol. The van der Waals surface area contributed by atoms with Gasteiger partial charge in [0.05, 0.1) is 11.9 Å². The Morgan fingerprint density at radius 2 is 2.31 bits per heavy atom. The van der Waals surface area contributed by atoms with Gasteiger partial charge in [-0.2, -0.15) is 0 Å². The van der Waals surface area contributed by atoms with Crippen LogP contribution in [-0.2, 0) is 6.42 Å². The molecule has 16 heavy (non-hydrogen) atoms. The van der Waals surface area contributed by atoms with Gasteiger partial charge >= 0.3 is 0 Å². The summed E-state index contributed by atoms with van der Waals surface area (Å²) in [5.41, 5.74) is -0.598. The number of hydrogen-bond donors (Lipinski definition) is 2. The standard InChI is InChI=1S/C13H23NO2/c1-4-13(3,15)10-14-11(2)7-8-12-6-5-9-16-12/h5-6,9,11,14-15H,4,7-8,10H2,1-3H3. The van der Waals surface area contributed by atoms with Crippen LogP contribution >= 0.6 is 0 Å². The summed E-state index contributed by atoms with van der Waals surface area (Å²) in [5, 5.41) is 13.2. The van der Waals surface area contributed by atoms with Crippen molar-refractivity contribution in [3.8, 4) is 0 Å². The summed E-state index contributed by atoms with van der Waals surface area (Å²) in [5.74, 6) is 1.02. The molecule has 1 heterocycles. The van der Waals surface area contributed by atoms with Gasteiger partial charge in [-0.3, -0.25) is 0 Å². The van der Waals surface area contributed by atoms with E-state index >= 15 is 0 Å². The van der Waals surface area contributed by atoms with E-state index in [1.807, 2.05) is 26.0 Å². The molecule has 0 aliphatic carbocycles. The SMILES string of the molecule is CCC(C)(O)CNC(C)CCc1ccco1. The predicted molar refractivity (Wildman–Crippen MR) is 65.4 cm³/mol. The Hall–Kier alpha value is -0.800. The van der Waals surface area contributed by atoms with Crippen molar-refractivity contribution in [3.63, 3.8) is 0 Å². The monoisotopic (exact) mass is 225 g/mol. The van der Waals surface area contributed by atoms with Crippen LogP contribution in [0.2, 0.25) is 0 Å². The highest BCUT2D eigenvalue weighted by atomic mass is 16.3. The summed E-state index contributed by atoms with van der Waals surface area (Å²) in [6, 6.07) is 4.30. The van der Waals surface area contributed by atoms with Crippen molar-refractivity contribution < 1.29 is 9.52 Å². The lowest BCUT2D eigenvalue weighted by Gasteiger charge is -2.24. The van der Waals surface area contributed by atoms with Crippen molar-refractivity contribution in [2.45, 2.75) is 51.7 Å². The Bertz CT molecular complexity index is 280. The van der Waals surface area contributed by atoms with Gasteiger partial charge in [0.15, 0.2) is 0 Å². The Morgan fingerprint density at radius 1 is 1.56 bits per heavy atom. The average Bonchev–Trinajstić information content (AvgIpc) is 2.76. The van der Waals surface area contributed by atoms with E-state index in [2.05, 4.69) is 12.2 Å². The van der Waals surface area contributed by atoms with E-state index in [9.17, 15) is 5.11 Å². The van der Waals surface area contributed by atoms with Crippen LogP contribution in [0.1, 0.15) is 39.4 Å². The molecule has 2 N–H and O–H groups in total. The zero-order chi connectivity index (χ0) is 12.0. The first kappa shape index (κ1) is 13.3. The lowest BCUT2D eigenvalue weighted by molar-refractivity contribution is 0.0531. The zero-order valence-corrected chi connectivity index (χ0v) is 10.5. The number of furan rings is 1. The van der Waals surface area contributed by atoms with Crippen molar-refractivity contribution >= 4 is 0 Å². The molecule has 0 aliphatic rings. The fourth-order valence-corrected chi connectivity index (χ4v) is 1.43. The first-order valence-electron chi connectivity index (χ1n) is 6.01. The maximum Gasteiger partial charge on any atom is 0.103 e. The number of hydrogen-bond acceptors (Lipinski definition) is 3. The molecule has 0 aliphatic heterocycles. The van der Waals surface area contributed by atoms with Crippen molar-refractivity contribution in [2.75, 3.05) is 6.54 Å². The molecule has 0 radical (unpaired) electrons. The second-order valence-electron chi connectivity index (χ2n) is 4.75. The highest BCUT2D eigenvalue weighted by molar-refractivity contribution is 4.98. The van der Waals surface area contributed by atoms with E-state index in [0.717, 1.165) is 25.0 Å². The second kappa shape index (κ2) is 6.06. The van der Waals surface area contributed by atoms with Crippen LogP contribution < -0.4 is 5.32 Å². The van der Waals surface area contributed by atoms with Crippen LogP contribution in [0.4, 0.5) is 0 Å². The lowest BCUT2D eigenvalue weighted by atomic mass is 10.0. The Kier molecular flexibility index (Phi) is 5.03. The molecule has 0 aromatic carbocycles. The van der Waals surface area contributed by atoms with E-state index in [-0.39, 0.29) is 0 Å². The molecule has 1 rings (SSSR count). The molecule has 3 nitrogen and oxygen atoms in total. The maximum absolute atomic E-state index is 9.84. The van der Waals surface area contributed by atoms with Gasteiger partial charge in [-0.1, -0.05) is 6.92 Å². The summed E-state index contributed by atoms with van der Waals surface area (Å²) >= 11 is 0. The van der Waals surface area contributed by atoms with Crippen molar-refractivity contribution in [1.82, 2.24) is 5.32 Å². The van der Waals surface area contributed by atoms with Crippen LogP contribution in [0.5, 0.6) is 0 Å². The molecule has 92 valence electrons. The number of rotatable bonds is 7. The molecule has 1 aromatic heterocycles. The van der Waals surface area contributed by atoms with Gasteiger partial charge < -0.3 is 14.8 Å². The lowest BCUT2D eigenvalue weighted by Crippen LogP contribution is -2.41. The van der Waals surface area contributed by atoms with Crippen LogP contribution in [0.15, 0.2) is 22.8 Å². The Labute approximate surface area is 97.9 Å². The molecular formula is C13H23NO2. The van der Waals surface area contributed by atoms with Gasteiger partial charge in [0.1, 0.15) is 5.76 Å². The van der Waals surface area contributed by atoms with Crippen LogP contribution in [-0.4, -0.2) is 23.3 Å². The van der Waals surface area contributed by atoms with Gasteiger partial charge in [0.25, 0.3) is 0 Å². The third-order valence-corrected chi connectivity index (χ3v) is 3.00. The quantitative estimate of drug-likeness (QED) is 0.748. The van der Waals surface area contributed by atoms with Crippen molar-refractivity contribution in [1.29, 1.82) is 0 Å². The molecular weight excluding hydrogens is 202 g/mol. The zero-order valence-electron chi connectivity index (χ0n) is 10.5. The fraction of sp³-hybridized carbons (Fsp3) is 0.692. The van der Waals surface area contributed by atoms with Gasteiger partial charge in [0.2, 0.25) is 0 Å². The van der Waals surface area contributed by atoms with E-state index in [0.29, 0.717) is 12.6 Å². The molecule has 1 aromatic rings. The molecule has 0 spiro atoms. The number of aliphatic hydroxyl groups is 1. The van der Waals surface area contributed by atoms with Crippen LogP contribution in [0.3, 0.4) is 0 Å². The topological polar surface area (TPSA) is 45.4 Å². The first-order valence-corrected chi connectivity index (χ1v) is 6.01. The summed E-state index contributed by atoms with van der Waals surface area (Å²) in [7, 11) is 0. The molecule has 2 unspecified atom stereocenters. The van der Waals surface area contributed by atoms with E-state index in [4.69, 9.17) is 4.42 Å². The minimum absolute atomic E-state index is 0.392.